The first kappa shape index (κ1) is 13.3. The quantitative estimate of drug-likeness (QED) is 0.370. The van der Waals surface area contributed by atoms with Gasteiger partial charge in [0.25, 0.3) is 0 Å². The predicted octanol–water partition coefficient (Wildman–Crippen LogP) is 0.937. The summed E-state index contributed by atoms with van der Waals surface area (Å²) >= 11 is 0. The lowest BCUT2D eigenvalue weighted by atomic mass is 9.88. The fourth-order valence-electron chi connectivity index (χ4n) is 2.11. The summed E-state index contributed by atoms with van der Waals surface area (Å²) in [7, 11) is 1.26. The highest BCUT2D eigenvalue weighted by atomic mass is 16.5. The molecule has 0 aromatic heterocycles. The van der Waals surface area contributed by atoms with Crippen LogP contribution in [0.2, 0.25) is 0 Å². The maximum absolute atomic E-state index is 12.3. The van der Waals surface area contributed by atoms with Crippen molar-refractivity contribution in [1.29, 1.82) is 0 Å². The summed E-state index contributed by atoms with van der Waals surface area (Å²) in [5, 5.41) is 2.66. The summed E-state index contributed by atoms with van der Waals surface area (Å²) in [6.07, 6.45) is 0.641. The van der Waals surface area contributed by atoms with Crippen LogP contribution < -0.4 is 5.32 Å². The number of ether oxygens (including phenoxy) is 1. The lowest BCUT2D eigenvalue weighted by Crippen LogP contribution is -2.50. The summed E-state index contributed by atoms with van der Waals surface area (Å²) in [4.78, 5) is 34.9. The maximum atomic E-state index is 12.3. The number of benzene rings is 1. The Kier molecular flexibility index (Phi) is 3.94. The van der Waals surface area contributed by atoms with Crippen molar-refractivity contribution in [2.24, 2.45) is 5.92 Å². The van der Waals surface area contributed by atoms with Gasteiger partial charge in [-0.15, -0.1) is 0 Å². The van der Waals surface area contributed by atoms with Crippen LogP contribution in [-0.4, -0.2) is 30.8 Å². The van der Waals surface area contributed by atoms with Crippen LogP contribution in [0.3, 0.4) is 0 Å². The van der Waals surface area contributed by atoms with E-state index in [9.17, 15) is 14.4 Å². The van der Waals surface area contributed by atoms with E-state index in [4.69, 9.17) is 0 Å². The topological polar surface area (TPSA) is 72.5 Å². The van der Waals surface area contributed by atoms with Crippen molar-refractivity contribution in [2.75, 3.05) is 7.11 Å². The van der Waals surface area contributed by atoms with E-state index in [2.05, 4.69) is 10.1 Å². The molecule has 5 heteroatoms. The van der Waals surface area contributed by atoms with E-state index in [1.807, 2.05) is 0 Å². The standard InChI is InChI=1S/C14H15NO4/c1-19-14(18)11(7-10-8-12(16)15-10)13(17)9-5-3-2-4-6-9/h2-6,10-11H,7-8H2,1H3,(H,15,16). The normalized spacial score (nSPS) is 19.0. The van der Waals surface area contributed by atoms with E-state index in [1.165, 1.54) is 7.11 Å². The lowest BCUT2D eigenvalue weighted by molar-refractivity contribution is -0.145. The van der Waals surface area contributed by atoms with Crippen molar-refractivity contribution in [3.63, 3.8) is 0 Å². The van der Waals surface area contributed by atoms with Crippen molar-refractivity contribution >= 4 is 17.7 Å². The fourth-order valence-corrected chi connectivity index (χ4v) is 2.11. The molecule has 0 radical (unpaired) electrons. The van der Waals surface area contributed by atoms with Crippen molar-refractivity contribution < 1.29 is 19.1 Å². The zero-order valence-corrected chi connectivity index (χ0v) is 10.6. The van der Waals surface area contributed by atoms with Gasteiger partial charge in [0.1, 0.15) is 5.92 Å². The number of ketones is 1. The number of rotatable bonds is 5. The molecule has 1 aromatic carbocycles. The highest BCUT2D eigenvalue weighted by Crippen LogP contribution is 2.20. The van der Waals surface area contributed by atoms with Crippen molar-refractivity contribution in [3.8, 4) is 0 Å². The van der Waals surface area contributed by atoms with Gasteiger partial charge in [0.05, 0.1) is 7.11 Å². The molecule has 100 valence electrons. The van der Waals surface area contributed by atoms with Gasteiger partial charge < -0.3 is 10.1 Å². The Bertz CT molecular complexity index is 489. The Morgan fingerprint density at radius 2 is 2.00 bits per heavy atom. The number of β-lactam (4-membered cyclic amide) rings is 1. The summed E-state index contributed by atoms with van der Waals surface area (Å²) in [6.45, 7) is 0. The lowest BCUT2D eigenvalue weighted by Gasteiger charge is -2.29. The molecule has 5 nitrogen and oxygen atoms in total. The Morgan fingerprint density at radius 1 is 1.37 bits per heavy atom. The van der Waals surface area contributed by atoms with Gasteiger partial charge in [-0.2, -0.15) is 0 Å². The Hall–Kier alpha value is -2.17. The number of nitrogens with one attached hydrogen (secondary N) is 1. The Morgan fingerprint density at radius 3 is 2.53 bits per heavy atom. The molecule has 1 aromatic rings. The van der Waals surface area contributed by atoms with Gasteiger partial charge in [-0.25, -0.2) is 0 Å². The minimum absolute atomic E-state index is 0.0548. The van der Waals surface area contributed by atoms with Crippen molar-refractivity contribution in [1.82, 2.24) is 5.32 Å². The molecule has 2 unspecified atom stereocenters. The summed E-state index contributed by atoms with van der Waals surface area (Å²) < 4.78 is 4.68. The number of esters is 1. The third-order valence-corrected chi connectivity index (χ3v) is 3.18. The van der Waals surface area contributed by atoms with Crippen LogP contribution in [0.4, 0.5) is 0 Å². The van der Waals surface area contributed by atoms with Gasteiger partial charge in [0.15, 0.2) is 5.78 Å². The third-order valence-electron chi connectivity index (χ3n) is 3.18. The fraction of sp³-hybridized carbons (Fsp3) is 0.357. The van der Waals surface area contributed by atoms with Crippen molar-refractivity contribution in [2.45, 2.75) is 18.9 Å². The van der Waals surface area contributed by atoms with Crippen LogP contribution in [-0.2, 0) is 14.3 Å². The molecule has 1 fully saturated rings. The van der Waals surface area contributed by atoms with Crippen LogP contribution in [0.5, 0.6) is 0 Å². The van der Waals surface area contributed by atoms with Crippen LogP contribution in [0.1, 0.15) is 23.2 Å². The summed E-state index contributed by atoms with van der Waals surface area (Å²) in [5.74, 6) is -1.75. The average Bonchev–Trinajstić information content (AvgIpc) is 2.41. The second-order valence-corrected chi connectivity index (χ2v) is 4.51. The molecular formula is C14H15NO4. The van der Waals surface area contributed by atoms with Crippen LogP contribution in [0.15, 0.2) is 30.3 Å². The van der Waals surface area contributed by atoms with Gasteiger partial charge in [-0.05, 0) is 6.42 Å². The Labute approximate surface area is 110 Å². The largest absolute Gasteiger partial charge is 0.468 e. The molecular weight excluding hydrogens is 246 g/mol. The molecule has 0 bridgehead atoms. The number of methoxy groups -OCH3 is 1. The number of Topliss-reactive ketones (excluding diaryl/α,β-unsaturated/α-hetero) is 1. The van der Waals surface area contributed by atoms with Gasteiger partial charge in [0, 0.05) is 18.0 Å². The SMILES string of the molecule is COC(=O)C(CC1CC(=O)N1)C(=O)c1ccccc1. The monoisotopic (exact) mass is 261 g/mol. The maximum Gasteiger partial charge on any atom is 0.316 e. The molecule has 1 saturated heterocycles. The van der Waals surface area contributed by atoms with E-state index in [1.54, 1.807) is 30.3 Å². The molecule has 2 rings (SSSR count). The smallest absolute Gasteiger partial charge is 0.316 e. The van der Waals surface area contributed by atoms with Crippen molar-refractivity contribution in [3.05, 3.63) is 35.9 Å². The number of carbonyl (C=O) groups excluding carboxylic acids is 3. The molecule has 2 atom stereocenters. The predicted molar refractivity (Wildman–Crippen MR) is 67.4 cm³/mol. The first-order valence-corrected chi connectivity index (χ1v) is 6.08. The van der Waals surface area contributed by atoms with Gasteiger partial charge >= 0.3 is 5.97 Å². The highest BCUT2D eigenvalue weighted by Gasteiger charge is 2.35. The molecule has 1 heterocycles. The molecule has 19 heavy (non-hydrogen) atoms. The molecule has 1 aliphatic heterocycles. The molecule has 1 N–H and O–H groups in total. The highest BCUT2D eigenvalue weighted by molar-refractivity contribution is 6.08. The first-order chi connectivity index (χ1) is 9.11. The molecule has 1 amide bonds. The van der Waals surface area contributed by atoms with E-state index < -0.39 is 11.9 Å². The first-order valence-electron chi connectivity index (χ1n) is 6.08. The summed E-state index contributed by atoms with van der Waals surface area (Å²) in [6, 6.07) is 8.49. The van der Waals surface area contributed by atoms with E-state index in [0.717, 1.165) is 0 Å². The van der Waals surface area contributed by atoms with Crippen LogP contribution in [0.25, 0.3) is 0 Å². The number of carbonyl (C=O) groups is 3. The van der Waals surface area contributed by atoms with Crippen LogP contribution in [0, 0.1) is 5.92 Å². The molecule has 1 aliphatic rings. The Balaban J connectivity index is 2.11. The van der Waals surface area contributed by atoms with Crippen LogP contribution >= 0.6 is 0 Å². The zero-order valence-electron chi connectivity index (χ0n) is 10.6. The second-order valence-electron chi connectivity index (χ2n) is 4.51. The van der Waals surface area contributed by atoms with E-state index >= 15 is 0 Å². The number of amides is 1. The zero-order chi connectivity index (χ0) is 13.8. The minimum atomic E-state index is -0.863. The molecule has 0 aliphatic carbocycles. The number of hydrogen-bond donors (Lipinski definition) is 1. The van der Waals surface area contributed by atoms with E-state index in [0.29, 0.717) is 12.0 Å². The van der Waals surface area contributed by atoms with Gasteiger partial charge in [0.2, 0.25) is 5.91 Å². The molecule has 0 saturated carbocycles. The van der Waals surface area contributed by atoms with Gasteiger partial charge in [-0.3, -0.25) is 14.4 Å². The summed E-state index contributed by atoms with van der Waals surface area (Å²) in [5.41, 5.74) is 0.476. The average molecular weight is 261 g/mol. The van der Waals surface area contributed by atoms with E-state index in [-0.39, 0.29) is 24.2 Å². The molecule has 0 spiro atoms. The van der Waals surface area contributed by atoms with Gasteiger partial charge in [-0.1, -0.05) is 30.3 Å². The third kappa shape index (κ3) is 2.99. The second kappa shape index (κ2) is 5.65. The number of hydrogen-bond acceptors (Lipinski definition) is 4. The minimum Gasteiger partial charge on any atom is -0.468 e.